The maximum Gasteiger partial charge on any atom is 0.416 e. The SMILES string of the molecule is CC(c1cccc(C(F)(F)F)c1)N(CCC(=O)N1CCc2sccc2C1)C1CC1. The molecule has 1 fully saturated rings. The maximum atomic E-state index is 13.1. The Kier molecular flexibility index (Phi) is 5.71. The molecule has 1 aromatic heterocycles. The second kappa shape index (κ2) is 8.11. The molecule has 2 heterocycles. The van der Waals surface area contributed by atoms with Gasteiger partial charge in [0.25, 0.3) is 0 Å². The summed E-state index contributed by atoms with van der Waals surface area (Å²) in [5.74, 6) is 0.128. The maximum absolute atomic E-state index is 13.1. The summed E-state index contributed by atoms with van der Waals surface area (Å²) in [4.78, 5) is 18.3. The number of nitrogens with zero attached hydrogens (tertiary/aromatic N) is 2. The van der Waals surface area contributed by atoms with Gasteiger partial charge in [0.15, 0.2) is 0 Å². The first-order chi connectivity index (χ1) is 13.8. The number of carbonyl (C=O) groups is 1. The average Bonchev–Trinajstić information content (AvgIpc) is 3.43. The van der Waals surface area contributed by atoms with E-state index in [2.05, 4.69) is 16.3 Å². The van der Waals surface area contributed by atoms with Gasteiger partial charge in [-0.15, -0.1) is 11.3 Å². The molecule has 29 heavy (non-hydrogen) atoms. The summed E-state index contributed by atoms with van der Waals surface area (Å²) in [5, 5.41) is 2.07. The lowest BCUT2D eigenvalue weighted by Crippen LogP contribution is -2.38. The van der Waals surface area contributed by atoms with Gasteiger partial charge in [-0.2, -0.15) is 13.2 Å². The molecule has 2 aromatic rings. The number of carbonyl (C=O) groups excluding carboxylic acids is 1. The van der Waals surface area contributed by atoms with Crippen LogP contribution in [0.15, 0.2) is 35.7 Å². The van der Waals surface area contributed by atoms with E-state index in [1.807, 2.05) is 11.8 Å². The molecule has 3 nitrogen and oxygen atoms in total. The minimum atomic E-state index is -4.34. The number of benzene rings is 1. The second-order valence-electron chi connectivity index (χ2n) is 7.95. The van der Waals surface area contributed by atoms with Gasteiger partial charge in [0.05, 0.1) is 5.56 Å². The van der Waals surface area contributed by atoms with Gasteiger partial charge in [0, 0.05) is 43.0 Å². The lowest BCUT2D eigenvalue weighted by atomic mass is 10.0. The zero-order valence-electron chi connectivity index (χ0n) is 16.4. The van der Waals surface area contributed by atoms with Crippen LogP contribution in [-0.4, -0.2) is 34.8 Å². The van der Waals surface area contributed by atoms with Crippen molar-refractivity contribution in [3.8, 4) is 0 Å². The van der Waals surface area contributed by atoms with Crippen LogP contribution in [0.2, 0.25) is 0 Å². The molecular weight excluding hydrogens is 397 g/mol. The predicted molar refractivity (Wildman–Crippen MR) is 108 cm³/mol. The largest absolute Gasteiger partial charge is 0.416 e. The molecule has 0 bridgehead atoms. The molecule has 1 aliphatic carbocycles. The summed E-state index contributed by atoms with van der Waals surface area (Å²) >= 11 is 1.75. The van der Waals surface area contributed by atoms with E-state index in [1.54, 1.807) is 17.4 Å². The Balaban J connectivity index is 1.40. The predicted octanol–water partition coefficient (Wildman–Crippen LogP) is 5.27. The molecular formula is C22H25F3N2OS. The number of hydrogen-bond acceptors (Lipinski definition) is 3. The fourth-order valence-corrected chi connectivity index (χ4v) is 5.00. The molecule has 1 saturated carbocycles. The lowest BCUT2D eigenvalue weighted by Gasteiger charge is -2.32. The van der Waals surface area contributed by atoms with E-state index in [1.165, 1.54) is 22.6 Å². The van der Waals surface area contributed by atoms with Crippen LogP contribution in [0, 0.1) is 0 Å². The van der Waals surface area contributed by atoms with Crippen LogP contribution in [0.4, 0.5) is 13.2 Å². The van der Waals surface area contributed by atoms with Crippen LogP contribution in [0.1, 0.15) is 53.8 Å². The van der Waals surface area contributed by atoms with E-state index in [0.29, 0.717) is 31.1 Å². The third kappa shape index (κ3) is 4.67. The van der Waals surface area contributed by atoms with Crippen molar-refractivity contribution in [3.63, 3.8) is 0 Å². The Morgan fingerprint density at radius 3 is 2.83 bits per heavy atom. The molecule has 156 valence electrons. The van der Waals surface area contributed by atoms with Crippen LogP contribution in [0.5, 0.6) is 0 Å². The van der Waals surface area contributed by atoms with Crippen molar-refractivity contribution in [3.05, 3.63) is 57.3 Å². The van der Waals surface area contributed by atoms with E-state index < -0.39 is 11.7 Å². The molecule has 4 rings (SSSR count). The molecule has 0 saturated heterocycles. The van der Waals surface area contributed by atoms with Crippen LogP contribution in [0.3, 0.4) is 0 Å². The standard InChI is InChI=1S/C22H25F3N2OS/c1-15(16-3-2-4-18(13-16)22(23,24)25)27(19-5-6-19)11-8-21(28)26-10-7-20-17(14-26)9-12-29-20/h2-4,9,12-13,15,19H,5-8,10-11,14H2,1H3. The van der Waals surface area contributed by atoms with Gasteiger partial charge in [-0.25, -0.2) is 0 Å². The first-order valence-electron chi connectivity index (χ1n) is 10.1. The van der Waals surface area contributed by atoms with Gasteiger partial charge in [-0.1, -0.05) is 12.1 Å². The van der Waals surface area contributed by atoms with Gasteiger partial charge in [-0.3, -0.25) is 9.69 Å². The third-order valence-electron chi connectivity index (χ3n) is 5.95. The van der Waals surface area contributed by atoms with Crippen LogP contribution in [0.25, 0.3) is 0 Å². The van der Waals surface area contributed by atoms with Crippen molar-refractivity contribution in [2.75, 3.05) is 13.1 Å². The van der Waals surface area contributed by atoms with Gasteiger partial charge in [0.1, 0.15) is 0 Å². The van der Waals surface area contributed by atoms with Crippen molar-refractivity contribution >= 4 is 17.2 Å². The first-order valence-corrected chi connectivity index (χ1v) is 11.0. The van der Waals surface area contributed by atoms with E-state index in [9.17, 15) is 18.0 Å². The van der Waals surface area contributed by atoms with Crippen molar-refractivity contribution in [2.24, 2.45) is 0 Å². The highest BCUT2D eigenvalue weighted by Gasteiger charge is 2.35. The van der Waals surface area contributed by atoms with Crippen LogP contribution in [-0.2, 0) is 23.9 Å². The smallest absolute Gasteiger partial charge is 0.338 e. The lowest BCUT2D eigenvalue weighted by molar-refractivity contribution is -0.137. The Morgan fingerprint density at radius 1 is 1.31 bits per heavy atom. The number of rotatable bonds is 6. The van der Waals surface area contributed by atoms with Gasteiger partial charge in [-0.05, 0) is 60.9 Å². The third-order valence-corrected chi connectivity index (χ3v) is 6.98. The van der Waals surface area contributed by atoms with Gasteiger partial charge >= 0.3 is 6.18 Å². The fourth-order valence-electron chi connectivity index (χ4n) is 4.11. The normalized spacial score (nSPS) is 18.0. The molecule has 1 aliphatic heterocycles. The molecule has 0 N–H and O–H groups in total. The molecule has 1 aromatic carbocycles. The topological polar surface area (TPSA) is 23.6 Å². The minimum absolute atomic E-state index is 0.128. The summed E-state index contributed by atoms with van der Waals surface area (Å²) < 4.78 is 39.2. The number of fused-ring (bicyclic) bond motifs is 1. The van der Waals surface area contributed by atoms with Crippen molar-refractivity contribution < 1.29 is 18.0 Å². The minimum Gasteiger partial charge on any atom is -0.338 e. The fraction of sp³-hybridized carbons (Fsp3) is 0.500. The summed E-state index contributed by atoms with van der Waals surface area (Å²) in [6, 6.07) is 7.86. The van der Waals surface area contributed by atoms with Crippen molar-refractivity contribution in [2.45, 2.75) is 57.4 Å². The van der Waals surface area contributed by atoms with Crippen molar-refractivity contribution in [1.29, 1.82) is 0 Å². The molecule has 0 radical (unpaired) electrons. The first kappa shape index (κ1) is 20.4. The van der Waals surface area contributed by atoms with E-state index >= 15 is 0 Å². The number of thiophene rings is 1. The highest BCUT2D eigenvalue weighted by atomic mass is 32.1. The highest BCUT2D eigenvalue weighted by Crippen LogP contribution is 2.37. The summed E-state index contributed by atoms with van der Waals surface area (Å²) in [7, 11) is 0. The summed E-state index contributed by atoms with van der Waals surface area (Å²) in [6.07, 6.45) is -0.950. The average molecular weight is 423 g/mol. The molecule has 0 spiro atoms. The monoisotopic (exact) mass is 422 g/mol. The highest BCUT2D eigenvalue weighted by molar-refractivity contribution is 7.10. The van der Waals surface area contributed by atoms with Crippen molar-refractivity contribution in [1.82, 2.24) is 9.80 Å². The molecule has 1 unspecified atom stereocenters. The molecule has 7 heteroatoms. The number of halogens is 3. The van der Waals surface area contributed by atoms with Crippen LogP contribution >= 0.6 is 11.3 Å². The zero-order chi connectivity index (χ0) is 20.6. The Bertz CT molecular complexity index is 875. The van der Waals surface area contributed by atoms with E-state index in [0.717, 1.165) is 31.9 Å². The number of alkyl halides is 3. The molecule has 1 amide bonds. The van der Waals surface area contributed by atoms with Gasteiger partial charge in [0.2, 0.25) is 5.91 Å². The Hall–Kier alpha value is -1.86. The van der Waals surface area contributed by atoms with Gasteiger partial charge < -0.3 is 4.90 Å². The molecule has 2 aliphatic rings. The van der Waals surface area contributed by atoms with Crippen LogP contribution < -0.4 is 0 Å². The van der Waals surface area contributed by atoms with E-state index in [4.69, 9.17) is 0 Å². The summed E-state index contributed by atoms with van der Waals surface area (Å²) in [6.45, 7) is 3.94. The second-order valence-corrected chi connectivity index (χ2v) is 8.95. The molecule has 1 atom stereocenters. The number of amides is 1. The Morgan fingerprint density at radius 2 is 2.10 bits per heavy atom. The Labute approximate surface area is 173 Å². The zero-order valence-corrected chi connectivity index (χ0v) is 17.2. The quantitative estimate of drug-likeness (QED) is 0.633. The number of hydrogen-bond donors (Lipinski definition) is 0. The summed E-state index contributed by atoms with van der Waals surface area (Å²) in [5.41, 5.74) is 1.28. The van der Waals surface area contributed by atoms with E-state index in [-0.39, 0.29) is 11.9 Å².